The largest absolute Gasteiger partial charge is 0.491 e. The molecule has 82 valence electrons. The molecule has 0 fully saturated rings. The molecule has 0 spiro atoms. The fourth-order valence-electron chi connectivity index (χ4n) is 1.60. The Balaban J connectivity index is 3.14. The van der Waals surface area contributed by atoms with Crippen LogP contribution in [0.4, 0.5) is 0 Å². The molecule has 3 nitrogen and oxygen atoms in total. The Morgan fingerprint density at radius 2 is 1.73 bits per heavy atom. The molecule has 1 aromatic carbocycles. The fraction of sp³-hybridized carbons (Fsp3) is 0.417. The molecule has 0 aliphatic heterocycles. The van der Waals surface area contributed by atoms with Gasteiger partial charge in [-0.2, -0.15) is 0 Å². The molecule has 0 aliphatic rings. The van der Waals surface area contributed by atoms with Crippen molar-refractivity contribution in [2.24, 2.45) is 0 Å². The maximum atomic E-state index is 10.9. The van der Waals surface area contributed by atoms with E-state index in [1.807, 2.05) is 13.8 Å². The minimum absolute atomic E-state index is 0.0967. The topological polar surface area (TPSA) is 46.5 Å². The zero-order valence-corrected chi connectivity index (χ0v) is 9.50. The van der Waals surface area contributed by atoms with Gasteiger partial charge in [0, 0.05) is 0 Å². The minimum Gasteiger partial charge on any atom is -0.491 e. The molecule has 0 aliphatic carbocycles. The van der Waals surface area contributed by atoms with Gasteiger partial charge in [-0.3, -0.25) is 0 Å². The van der Waals surface area contributed by atoms with Gasteiger partial charge in [-0.05, 0) is 51.0 Å². The van der Waals surface area contributed by atoms with Gasteiger partial charge < -0.3 is 9.84 Å². The van der Waals surface area contributed by atoms with E-state index < -0.39 is 5.97 Å². The normalized spacial score (nSPS) is 10.5. The molecule has 0 atom stereocenters. The zero-order chi connectivity index (χ0) is 11.6. The molecule has 0 amide bonds. The smallest absolute Gasteiger partial charge is 0.336 e. The van der Waals surface area contributed by atoms with Gasteiger partial charge in [0.15, 0.2) is 0 Å². The van der Waals surface area contributed by atoms with E-state index in [2.05, 4.69) is 0 Å². The number of ether oxygens (including phenoxy) is 1. The highest BCUT2D eigenvalue weighted by Gasteiger charge is 2.12. The summed E-state index contributed by atoms with van der Waals surface area (Å²) in [6.45, 7) is 7.44. The van der Waals surface area contributed by atoms with Crippen molar-refractivity contribution in [2.75, 3.05) is 0 Å². The average molecular weight is 208 g/mol. The van der Waals surface area contributed by atoms with Gasteiger partial charge >= 0.3 is 5.97 Å². The van der Waals surface area contributed by atoms with Crippen LogP contribution in [0.2, 0.25) is 0 Å². The molecule has 0 radical (unpaired) electrons. The van der Waals surface area contributed by atoms with Gasteiger partial charge in [0.05, 0.1) is 11.7 Å². The highest BCUT2D eigenvalue weighted by atomic mass is 16.5. The quantitative estimate of drug-likeness (QED) is 0.830. The number of carboxylic acid groups (broad SMARTS) is 1. The van der Waals surface area contributed by atoms with E-state index >= 15 is 0 Å². The van der Waals surface area contributed by atoms with Crippen molar-refractivity contribution >= 4 is 5.97 Å². The fourth-order valence-corrected chi connectivity index (χ4v) is 1.60. The molecule has 0 bridgehead atoms. The maximum absolute atomic E-state index is 10.9. The number of aryl methyl sites for hydroxylation is 2. The van der Waals surface area contributed by atoms with Gasteiger partial charge in [0.1, 0.15) is 5.75 Å². The van der Waals surface area contributed by atoms with Crippen LogP contribution < -0.4 is 4.74 Å². The number of carbonyl (C=O) groups is 1. The summed E-state index contributed by atoms with van der Waals surface area (Å²) in [6.07, 6.45) is 0.0967. The van der Waals surface area contributed by atoms with Gasteiger partial charge in [0.25, 0.3) is 0 Å². The molecule has 0 heterocycles. The van der Waals surface area contributed by atoms with Crippen molar-refractivity contribution in [3.63, 3.8) is 0 Å². The second-order valence-corrected chi connectivity index (χ2v) is 3.90. The minimum atomic E-state index is -0.888. The van der Waals surface area contributed by atoms with E-state index in [0.29, 0.717) is 5.56 Å². The maximum Gasteiger partial charge on any atom is 0.336 e. The second-order valence-electron chi connectivity index (χ2n) is 3.90. The molecule has 0 unspecified atom stereocenters. The van der Waals surface area contributed by atoms with Crippen LogP contribution >= 0.6 is 0 Å². The summed E-state index contributed by atoms with van der Waals surface area (Å²) in [5, 5.41) is 8.98. The van der Waals surface area contributed by atoms with Crippen molar-refractivity contribution in [2.45, 2.75) is 33.8 Å². The van der Waals surface area contributed by atoms with Crippen LogP contribution in [0, 0.1) is 13.8 Å². The van der Waals surface area contributed by atoms with Gasteiger partial charge in [-0.15, -0.1) is 0 Å². The van der Waals surface area contributed by atoms with Gasteiger partial charge in [0.2, 0.25) is 0 Å². The van der Waals surface area contributed by atoms with E-state index in [4.69, 9.17) is 9.84 Å². The van der Waals surface area contributed by atoms with Crippen LogP contribution in [0.1, 0.15) is 35.3 Å². The standard InChI is InChI=1S/C12H16O3/c1-7(2)15-10-5-8(3)11(12(13)14)9(4)6-10/h5-7H,1-4H3,(H,13,14). The monoisotopic (exact) mass is 208 g/mol. The Bertz CT molecular complexity index is 357. The molecule has 0 saturated heterocycles. The Hall–Kier alpha value is -1.51. The Morgan fingerprint density at radius 3 is 2.07 bits per heavy atom. The summed E-state index contributed by atoms with van der Waals surface area (Å²) >= 11 is 0. The SMILES string of the molecule is Cc1cc(OC(C)C)cc(C)c1C(=O)O. The predicted octanol–water partition coefficient (Wildman–Crippen LogP) is 2.79. The average Bonchev–Trinajstić information content (AvgIpc) is 1.99. The first kappa shape index (κ1) is 11.6. The zero-order valence-electron chi connectivity index (χ0n) is 9.50. The van der Waals surface area contributed by atoms with E-state index in [-0.39, 0.29) is 6.10 Å². The van der Waals surface area contributed by atoms with Crippen molar-refractivity contribution in [3.8, 4) is 5.75 Å². The van der Waals surface area contributed by atoms with Crippen LogP contribution in [-0.2, 0) is 0 Å². The van der Waals surface area contributed by atoms with Crippen molar-refractivity contribution < 1.29 is 14.6 Å². The molecule has 1 aromatic rings. The number of hydrogen-bond acceptors (Lipinski definition) is 2. The first-order chi connectivity index (χ1) is 6.91. The molecule has 1 N–H and O–H groups in total. The predicted molar refractivity (Wildman–Crippen MR) is 58.6 cm³/mol. The van der Waals surface area contributed by atoms with Crippen molar-refractivity contribution in [1.82, 2.24) is 0 Å². The third-order valence-electron chi connectivity index (χ3n) is 2.09. The van der Waals surface area contributed by atoms with E-state index in [1.54, 1.807) is 26.0 Å². The van der Waals surface area contributed by atoms with Crippen LogP contribution in [0.3, 0.4) is 0 Å². The summed E-state index contributed by atoms with van der Waals surface area (Å²) in [5.41, 5.74) is 1.84. The molecule has 0 saturated carbocycles. The van der Waals surface area contributed by atoms with Crippen LogP contribution in [-0.4, -0.2) is 17.2 Å². The highest BCUT2D eigenvalue weighted by Crippen LogP contribution is 2.22. The lowest BCUT2D eigenvalue weighted by Crippen LogP contribution is -2.08. The third kappa shape index (κ3) is 2.72. The Morgan fingerprint density at radius 1 is 1.27 bits per heavy atom. The van der Waals surface area contributed by atoms with Crippen LogP contribution in [0.25, 0.3) is 0 Å². The van der Waals surface area contributed by atoms with Gasteiger partial charge in [-0.25, -0.2) is 4.79 Å². The highest BCUT2D eigenvalue weighted by molar-refractivity contribution is 5.91. The van der Waals surface area contributed by atoms with E-state index in [0.717, 1.165) is 16.9 Å². The number of rotatable bonds is 3. The van der Waals surface area contributed by atoms with Crippen molar-refractivity contribution in [3.05, 3.63) is 28.8 Å². The number of carboxylic acids is 1. The van der Waals surface area contributed by atoms with Crippen molar-refractivity contribution in [1.29, 1.82) is 0 Å². The van der Waals surface area contributed by atoms with Crippen LogP contribution in [0.15, 0.2) is 12.1 Å². The third-order valence-corrected chi connectivity index (χ3v) is 2.09. The first-order valence-corrected chi connectivity index (χ1v) is 4.93. The number of aromatic carboxylic acids is 1. The Labute approximate surface area is 89.7 Å². The molecule has 3 heteroatoms. The van der Waals surface area contributed by atoms with E-state index in [1.165, 1.54) is 0 Å². The summed E-state index contributed by atoms with van der Waals surface area (Å²) in [7, 11) is 0. The lowest BCUT2D eigenvalue weighted by Gasteiger charge is -2.13. The number of hydrogen-bond donors (Lipinski definition) is 1. The first-order valence-electron chi connectivity index (χ1n) is 4.93. The summed E-state index contributed by atoms with van der Waals surface area (Å²) in [4.78, 5) is 10.9. The summed E-state index contributed by atoms with van der Waals surface area (Å²) in [5.74, 6) is -0.161. The number of benzene rings is 1. The molecule has 15 heavy (non-hydrogen) atoms. The summed E-state index contributed by atoms with van der Waals surface area (Å²) < 4.78 is 5.52. The van der Waals surface area contributed by atoms with E-state index in [9.17, 15) is 4.79 Å². The van der Waals surface area contributed by atoms with Gasteiger partial charge in [-0.1, -0.05) is 0 Å². The molecular weight excluding hydrogens is 192 g/mol. The molecule has 0 aromatic heterocycles. The lowest BCUT2D eigenvalue weighted by molar-refractivity contribution is 0.0695. The second kappa shape index (κ2) is 4.34. The summed E-state index contributed by atoms with van der Waals surface area (Å²) in [6, 6.07) is 3.52. The van der Waals surface area contributed by atoms with Crippen LogP contribution in [0.5, 0.6) is 5.75 Å². The Kier molecular flexibility index (Phi) is 3.35. The molecular formula is C12H16O3. The molecule has 1 rings (SSSR count). The lowest BCUT2D eigenvalue weighted by atomic mass is 10.0.